The van der Waals surface area contributed by atoms with Gasteiger partial charge in [-0.15, -0.1) is 0 Å². The molecule has 0 rings (SSSR count). The van der Waals surface area contributed by atoms with E-state index in [2.05, 4.69) is 12.2 Å². The van der Waals surface area contributed by atoms with Crippen LogP contribution in [0, 0.1) is 0 Å². The van der Waals surface area contributed by atoms with Gasteiger partial charge in [0, 0.05) is 6.42 Å². The van der Waals surface area contributed by atoms with Gasteiger partial charge in [0.1, 0.15) is 6.04 Å². The van der Waals surface area contributed by atoms with Crippen molar-refractivity contribution in [1.82, 2.24) is 5.32 Å². The van der Waals surface area contributed by atoms with Crippen LogP contribution < -0.4 is 5.32 Å². The summed E-state index contributed by atoms with van der Waals surface area (Å²) < 4.78 is 0. The number of carboxylic acids is 1. The molecular formula is C15H30NNaO3. The first-order chi connectivity index (χ1) is 9.07. The summed E-state index contributed by atoms with van der Waals surface area (Å²) in [6.45, 7) is 3.70. The summed E-state index contributed by atoms with van der Waals surface area (Å²) in [5.41, 5.74) is 0. The van der Waals surface area contributed by atoms with E-state index in [-0.39, 0.29) is 35.5 Å². The first-order valence-electron chi connectivity index (χ1n) is 7.60. The van der Waals surface area contributed by atoms with E-state index in [0.717, 1.165) is 12.8 Å². The molecule has 2 N–H and O–H groups in total. The summed E-state index contributed by atoms with van der Waals surface area (Å²) in [4.78, 5) is 21.9. The fourth-order valence-corrected chi connectivity index (χ4v) is 1.97. The summed E-state index contributed by atoms with van der Waals surface area (Å²) in [6, 6.07) is -0.786. The number of amides is 1. The Bertz CT molecular complexity index is 260. The SMILES string of the molecule is CCCCCCCCCCCC(=O)N[C@@H](C)C(=O)O.[NaH]. The van der Waals surface area contributed by atoms with Gasteiger partial charge in [-0.25, -0.2) is 0 Å². The Morgan fingerprint density at radius 3 is 1.85 bits per heavy atom. The second-order valence-electron chi connectivity index (χ2n) is 5.21. The van der Waals surface area contributed by atoms with Crippen LogP contribution in [0.25, 0.3) is 0 Å². The van der Waals surface area contributed by atoms with E-state index in [1.54, 1.807) is 0 Å². The van der Waals surface area contributed by atoms with E-state index in [1.165, 1.54) is 51.9 Å². The molecule has 0 radical (unpaired) electrons. The van der Waals surface area contributed by atoms with E-state index in [1.807, 2.05) is 0 Å². The second-order valence-corrected chi connectivity index (χ2v) is 5.21. The second kappa shape index (κ2) is 15.3. The zero-order valence-corrected chi connectivity index (χ0v) is 12.4. The van der Waals surface area contributed by atoms with Crippen molar-refractivity contribution < 1.29 is 14.7 Å². The van der Waals surface area contributed by atoms with Gasteiger partial charge < -0.3 is 10.4 Å². The average molecular weight is 295 g/mol. The minimum atomic E-state index is -0.986. The van der Waals surface area contributed by atoms with Crippen LogP contribution in [0.1, 0.15) is 78.1 Å². The van der Waals surface area contributed by atoms with Gasteiger partial charge in [-0.2, -0.15) is 0 Å². The summed E-state index contributed by atoms with van der Waals surface area (Å²) >= 11 is 0. The molecule has 0 aliphatic carbocycles. The first kappa shape index (κ1) is 22.2. The van der Waals surface area contributed by atoms with Crippen molar-refractivity contribution in [1.29, 1.82) is 0 Å². The molecular weight excluding hydrogens is 265 g/mol. The Hall–Kier alpha value is -0.0600. The van der Waals surface area contributed by atoms with Crippen molar-refractivity contribution in [2.45, 2.75) is 84.1 Å². The fourth-order valence-electron chi connectivity index (χ4n) is 1.97. The van der Waals surface area contributed by atoms with Crippen LogP contribution in [0.5, 0.6) is 0 Å². The molecule has 0 spiro atoms. The van der Waals surface area contributed by atoms with E-state index >= 15 is 0 Å². The fraction of sp³-hybridized carbons (Fsp3) is 0.867. The van der Waals surface area contributed by atoms with Crippen LogP contribution in [0.4, 0.5) is 0 Å². The summed E-state index contributed by atoms with van der Waals surface area (Å²) in [7, 11) is 0. The van der Waals surface area contributed by atoms with E-state index in [0.29, 0.717) is 6.42 Å². The molecule has 0 aliphatic heterocycles. The van der Waals surface area contributed by atoms with Crippen LogP contribution in [0.3, 0.4) is 0 Å². The summed E-state index contributed by atoms with van der Waals surface area (Å²) in [6.07, 6.45) is 11.3. The number of carbonyl (C=O) groups excluding carboxylic acids is 1. The molecule has 114 valence electrons. The zero-order valence-electron chi connectivity index (χ0n) is 12.4. The van der Waals surface area contributed by atoms with Gasteiger partial charge in [0.25, 0.3) is 0 Å². The zero-order chi connectivity index (χ0) is 14.5. The molecule has 5 heteroatoms. The number of carbonyl (C=O) groups is 2. The van der Waals surface area contributed by atoms with Crippen molar-refractivity contribution in [3.63, 3.8) is 0 Å². The van der Waals surface area contributed by atoms with E-state index in [4.69, 9.17) is 5.11 Å². The van der Waals surface area contributed by atoms with Crippen LogP contribution in [-0.2, 0) is 9.59 Å². The summed E-state index contributed by atoms with van der Waals surface area (Å²) in [5, 5.41) is 11.1. The standard InChI is InChI=1S/C15H29NO3.Na.H/c1-3-4-5-6-7-8-9-10-11-12-14(17)16-13(2)15(18)19;;/h13H,3-12H2,1-2H3,(H,16,17)(H,18,19);;/t13-;;/m0../s1. The Morgan fingerprint density at radius 2 is 1.40 bits per heavy atom. The third-order valence-electron chi connectivity index (χ3n) is 3.26. The monoisotopic (exact) mass is 295 g/mol. The van der Waals surface area contributed by atoms with Crippen LogP contribution in [0.2, 0.25) is 0 Å². The molecule has 1 atom stereocenters. The Kier molecular flexibility index (Phi) is 17.0. The number of hydrogen-bond acceptors (Lipinski definition) is 2. The van der Waals surface area contributed by atoms with E-state index in [9.17, 15) is 9.59 Å². The number of hydrogen-bond donors (Lipinski definition) is 2. The van der Waals surface area contributed by atoms with Gasteiger partial charge in [-0.1, -0.05) is 58.3 Å². The van der Waals surface area contributed by atoms with Gasteiger partial charge in [-0.05, 0) is 13.3 Å². The van der Waals surface area contributed by atoms with Crippen molar-refractivity contribution in [2.24, 2.45) is 0 Å². The molecule has 0 saturated carbocycles. The number of nitrogens with one attached hydrogen (secondary N) is 1. The molecule has 0 bridgehead atoms. The maximum atomic E-state index is 11.4. The van der Waals surface area contributed by atoms with Crippen LogP contribution in [-0.4, -0.2) is 52.6 Å². The molecule has 0 aromatic carbocycles. The molecule has 0 heterocycles. The molecule has 0 fully saturated rings. The normalized spacial score (nSPS) is 11.5. The molecule has 4 nitrogen and oxygen atoms in total. The van der Waals surface area contributed by atoms with Crippen LogP contribution >= 0.6 is 0 Å². The van der Waals surface area contributed by atoms with Gasteiger partial charge in [-0.3, -0.25) is 9.59 Å². The minimum absolute atomic E-state index is 0. The van der Waals surface area contributed by atoms with Crippen molar-refractivity contribution in [2.75, 3.05) is 0 Å². The third kappa shape index (κ3) is 14.4. The summed E-state index contributed by atoms with van der Waals surface area (Å²) in [5.74, 6) is -1.14. The Labute approximate surface area is 145 Å². The predicted molar refractivity (Wildman–Crippen MR) is 84.2 cm³/mol. The number of carboxylic acid groups (broad SMARTS) is 1. The maximum absolute atomic E-state index is 11.4. The van der Waals surface area contributed by atoms with Crippen molar-refractivity contribution in [3.8, 4) is 0 Å². The Balaban J connectivity index is 0. The number of aliphatic carboxylic acids is 1. The van der Waals surface area contributed by atoms with Crippen molar-refractivity contribution in [3.05, 3.63) is 0 Å². The Morgan fingerprint density at radius 1 is 0.950 bits per heavy atom. The predicted octanol–water partition coefficient (Wildman–Crippen LogP) is 2.85. The van der Waals surface area contributed by atoms with Crippen molar-refractivity contribution >= 4 is 41.4 Å². The van der Waals surface area contributed by atoms with Crippen LogP contribution in [0.15, 0.2) is 0 Å². The van der Waals surface area contributed by atoms with Gasteiger partial charge >= 0.3 is 35.5 Å². The molecule has 0 aliphatic rings. The molecule has 0 saturated heterocycles. The van der Waals surface area contributed by atoms with Gasteiger partial charge in [0.05, 0.1) is 0 Å². The molecule has 0 aromatic heterocycles. The molecule has 20 heavy (non-hydrogen) atoms. The quantitative estimate of drug-likeness (QED) is 0.430. The number of rotatable bonds is 12. The third-order valence-corrected chi connectivity index (χ3v) is 3.26. The molecule has 0 aromatic rings. The van der Waals surface area contributed by atoms with E-state index < -0.39 is 12.0 Å². The molecule has 1 amide bonds. The topological polar surface area (TPSA) is 66.4 Å². The van der Waals surface area contributed by atoms with Gasteiger partial charge in [0.15, 0.2) is 0 Å². The van der Waals surface area contributed by atoms with Gasteiger partial charge in [0.2, 0.25) is 5.91 Å². The number of unbranched alkanes of at least 4 members (excludes halogenated alkanes) is 8. The average Bonchev–Trinajstić information content (AvgIpc) is 2.36. The molecule has 0 unspecified atom stereocenters. The first-order valence-corrected chi connectivity index (χ1v) is 7.60.